The molecular weight excluding hydrogens is 578 g/mol. The molecule has 3 aromatic carbocycles. The van der Waals surface area contributed by atoms with E-state index in [1.54, 1.807) is 79.9 Å². The van der Waals surface area contributed by atoms with Crippen molar-refractivity contribution in [2.75, 3.05) is 26.6 Å². The summed E-state index contributed by atoms with van der Waals surface area (Å²) in [4.78, 5) is 41.2. The number of methoxy groups -OCH3 is 3. The molecule has 5 rings (SSSR count). The molecule has 0 fully saturated rings. The second-order valence-electron chi connectivity index (χ2n) is 9.21. The van der Waals surface area contributed by atoms with Crippen LogP contribution in [0.1, 0.15) is 17.0 Å². The molecule has 0 saturated heterocycles. The molecule has 1 aromatic heterocycles. The molecule has 0 radical (unpaired) electrons. The number of aromatic nitrogens is 1. The van der Waals surface area contributed by atoms with Crippen LogP contribution in [0.2, 0.25) is 5.02 Å². The van der Waals surface area contributed by atoms with Crippen molar-refractivity contribution in [2.45, 2.75) is 5.92 Å². The van der Waals surface area contributed by atoms with Gasteiger partial charge >= 0.3 is 5.97 Å². The number of rotatable bonds is 7. The summed E-state index contributed by atoms with van der Waals surface area (Å²) in [7, 11) is 4.28. The van der Waals surface area contributed by atoms with Crippen LogP contribution in [0.25, 0.3) is 17.5 Å². The molecule has 4 aromatic rings. The standard InChI is InChI=1S/C31H26ClN3O6S/c1-39-21-8-4-6-17(14-21)15-23-29(37)35-27(33)25(31(38)41-3)24(18-7-5-9-22(16-18)40-2)26(30(35)42-23)28(36)34-20-12-10-19(32)11-13-20/h4-16,24H,33H2,1-3H3,(H,34,36)/b23-15+. The molecule has 0 saturated carbocycles. The molecule has 0 spiro atoms. The number of fused-ring (bicyclic) bond motifs is 1. The maximum atomic E-state index is 14.1. The topological polar surface area (TPSA) is 122 Å². The van der Waals surface area contributed by atoms with Gasteiger partial charge in [-0.3, -0.25) is 14.2 Å². The summed E-state index contributed by atoms with van der Waals surface area (Å²) >= 11 is 7.13. The number of nitrogens with one attached hydrogen (secondary N) is 1. The number of hydrogen-bond donors (Lipinski definition) is 2. The number of amides is 1. The van der Waals surface area contributed by atoms with Gasteiger partial charge in [0.1, 0.15) is 22.0 Å². The van der Waals surface area contributed by atoms with Crippen molar-refractivity contribution in [1.29, 1.82) is 0 Å². The summed E-state index contributed by atoms with van der Waals surface area (Å²) < 4.78 is 17.6. The van der Waals surface area contributed by atoms with E-state index in [0.29, 0.717) is 37.9 Å². The third-order valence-corrected chi connectivity index (χ3v) is 8.08. The van der Waals surface area contributed by atoms with Crippen molar-refractivity contribution < 1.29 is 23.8 Å². The van der Waals surface area contributed by atoms with Gasteiger partial charge in [-0.2, -0.15) is 0 Å². The van der Waals surface area contributed by atoms with E-state index in [4.69, 9.17) is 31.5 Å². The Bertz CT molecular complexity index is 1910. The minimum atomic E-state index is -0.984. The molecule has 1 atom stereocenters. The van der Waals surface area contributed by atoms with Gasteiger partial charge in [-0.05, 0) is 65.7 Å². The van der Waals surface area contributed by atoms with E-state index in [9.17, 15) is 14.4 Å². The van der Waals surface area contributed by atoms with Crippen LogP contribution < -0.4 is 35.3 Å². The number of carbonyl (C=O) groups is 2. The third kappa shape index (κ3) is 5.41. The molecule has 1 unspecified atom stereocenters. The monoisotopic (exact) mass is 603 g/mol. The highest BCUT2D eigenvalue weighted by atomic mass is 35.5. The van der Waals surface area contributed by atoms with E-state index in [2.05, 4.69) is 5.32 Å². The first-order chi connectivity index (χ1) is 20.2. The quantitative estimate of drug-likeness (QED) is 0.311. The van der Waals surface area contributed by atoms with Crippen molar-refractivity contribution in [3.05, 3.63) is 114 Å². The van der Waals surface area contributed by atoms with Crippen LogP contribution in [0.15, 0.2) is 83.2 Å². The van der Waals surface area contributed by atoms with Gasteiger partial charge in [0.2, 0.25) is 0 Å². The lowest BCUT2D eigenvalue weighted by atomic mass is 9.82. The lowest BCUT2D eigenvalue weighted by Gasteiger charge is -2.27. The molecule has 1 aliphatic heterocycles. The van der Waals surface area contributed by atoms with Gasteiger partial charge in [-0.15, -0.1) is 11.3 Å². The number of halogens is 1. The van der Waals surface area contributed by atoms with Crippen LogP contribution in [0, 0.1) is 0 Å². The fourth-order valence-electron chi connectivity index (χ4n) is 4.75. The Morgan fingerprint density at radius 1 is 0.952 bits per heavy atom. The first-order valence-electron chi connectivity index (χ1n) is 12.7. The average molecular weight is 604 g/mol. The number of esters is 1. The molecule has 42 heavy (non-hydrogen) atoms. The molecular formula is C31H26ClN3O6S. The first-order valence-corrected chi connectivity index (χ1v) is 13.9. The highest BCUT2D eigenvalue weighted by Crippen LogP contribution is 2.38. The van der Waals surface area contributed by atoms with Gasteiger partial charge in [0.15, 0.2) is 0 Å². The Hall–Kier alpha value is -4.80. The largest absolute Gasteiger partial charge is 0.497 e. The van der Waals surface area contributed by atoms with Gasteiger partial charge in [0, 0.05) is 10.7 Å². The summed E-state index contributed by atoms with van der Waals surface area (Å²) in [5, 5.41) is 3.38. The van der Waals surface area contributed by atoms with Crippen LogP contribution >= 0.6 is 22.9 Å². The van der Waals surface area contributed by atoms with Gasteiger partial charge in [0.25, 0.3) is 11.5 Å². The normalized spacial score (nSPS) is 14.8. The maximum Gasteiger partial charge on any atom is 0.338 e. The van der Waals surface area contributed by atoms with E-state index in [-0.39, 0.29) is 21.6 Å². The Morgan fingerprint density at radius 3 is 2.29 bits per heavy atom. The van der Waals surface area contributed by atoms with Gasteiger partial charge in [0.05, 0.1) is 42.9 Å². The number of benzene rings is 3. The van der Waals surface area contributed by atoms with E-state index in [0.717, 1.165) is 11.3 Å². The summed E-state index contributed by atoms with van der Waals surface area (Å²) in [6.07, 6.45) is 1.68. The zero-order chi connectivity index (χ0) is 30.0. The number of anilines is 1. The molecule has 2 heterocycles. The average Bonchev–Trinajstić information content (AvgIpc) is 3.33. The number of carbonyl (C=O) groups excluding carboxylic acids is 2. The number of hydrogen-bond acceptors (Lipinski definition) is 8. The zero-order valence-electron chi connectivity index (χ0n) is 22.8. The molecule has 0 aliphatic carbocycles. The van der Waals surface area contributed by atoms with Crippen LogP contribution in [0.5, 0.6) is 11.5 Å². The third-order valence-electron chi connectivity index (χ3n) is 6.72. The zero-order valence-corrected chi connectivity index (χ0v) is 24.4. The minimum absolute atomic E-state index is 0.0488. The molecule has 0 bridgehead atoms. The summed E-state index contributed by atoms with van der Waals surface area (Å²) in [5.41, 5.74) is 7.90. The molecule has 3 N–H and O–H groups in total. The fourth-order valence-corrected chi connectivity index (χ4v) is 6.05. The Balaban J connectivity index is 1.84. The SMILES string of the molecule is COC(=O)C1=C(N)n2c(s/c(=C/c3cccc(OC)c3)c2=O)=C(C(=O)Nc2ccc(Cl)cc2)C1c1cccc(OC)c1. The van der Waals surface area contributed by atoms with E-state index in [1.165, 1.54) is 18.8 Å². The van der Waals surface area contributed by atoms with E-state index in [1.807, 2.05) is 6.07 Å². The van der Waals surface area contributed by atoms with Crippen LogP contribution in [0.3, 0.4) is 0 Å². The Labute approximate surface area is 249 Å². The van der Waals surface area contributed by atoms with Gasteiger partial charge < -0.3 is 25.3 Å². The smallest absolute Gasteiger partial charge is 0.338 e. The number of thiazole rings is 1. The predicted octanol–water partition coefficient (Wildman–Crippen LogP) is 3.30. The number of nitrogens with two attached hydrogens (primary N) is 1. The number of ether oxygens (including phenoxy) is 3. The highest BCUT2D eigenvalue weighted by Gasteiger charge is 2.39. The second kappa shape index (κ2) is 12.0. The molecule has 1 amide bonds. The number of nitrogens with zero attached hydrogens (tertiary/aromatic N) is 1. The van der Waals surface area contributed by atoms with Gasteiger partial charge in [-0.25, -0.2) is 4.79 Å². The molecule has 9 nitrogen and oxygen atoms in total. The summed E-state index contributed by atoms with van der Waals surface area (Å²) in [6.45, 7) is 0. The summed E-state index contributed by atoms with van der Waals surface area (Å²) in [5.74, 6) is -1.30. The maximum absolute atomic E-state index is 14.1. The lowest BCUT2D eigenvalue weighted by molar-refractivity contribution is -0.136. The van der Waals surface area contributed by atoms with Crippen LogP contribution in [0.4, 0.5) is 5.69 Å². The molecule has 1 aliphatic rings. The molecule has 11 heteroatoms. The predicted molar refractivity (Wildman–Crippen MR) is 163 cm³/mol. The molecule has 214 valence electrons. The van der Waals surface area contributed by atoms with E-state index < -0.39 is 23.4 Å². The van der Waals surface area contributed by atoms with Crippen molar-refractivity contribution in [3.63, 3.8) is 0 Å². The minimum Gasteiger partial charge on any atom is -0.497 e. The lowest BCUT2D eigenvalue weighted by Crippen LogP contribution is -2.42. The van der Waals surface area contributed by atoms with Crippen LogP contribution in [-0.4, -0.2) is 37.8 Å². The van der Waals surface area contributed by atoms with Crippen LogP contribution in [-0.2, 0) is 14.3 Å². The van der Waals surface area contributed by atoms with Crippen molar-refractivity contribution >= 4 is 58.0 Å². The fraction of sp³-hybridized carbons (Fsp3) is 0.129. The Kier molecular flexibility index (Phi) is 8.19. The van der Waals surface area contributed by atoms with E-state index >= 15 is 0 Å². The Morgan fingerprint density at radius 2 is 1.62 bits per heavy atom. The van der Waals surface area contributed by atoms with Crippen molar-refractivity contribution in [2.24, 2.45) is 5.73 Å². The van der Waals surface area contributed by atoms with Crippen molar-refractivity contribution in [1.82, 2.24) is 4.57 Å². The summed E-state index contributed by atoms with van der Waals surface area (Å²) in [6, 6.07) is 20.7. The first kappa shape index (κ1) is 28.7. The highest BCUT2D eigenvalue weighted by molar-refractivity contribution is 7.07. The van der Waals surface area contributed by atoms with Gasteiger partial charge in [-0.1, -0.05) is 35.9 Å². The van der Waals surface area contributed by atoms with Crippen molar-refractivity contribution in [3.8, 4) is 11.5 Å². The second-order valence-corrected chi connectivity index (χ2v) is 10.7.